The topological polar surface area (TPSA) is 64.4 Å². The van der Waals surface area contributed by atoms with Crippen LogP contribution in [0.15, 0.2) is 53.5 Å². The zero-order valence-corrected chi connectivity index (χ0v) is 9.30. The van der Waals surface area contributed by atoms with Crippen LogP contribution in [-0.2, 0) is 5.66 Å². The number of hydrogen-bond donors (Lipinski definition) is 2. The van der Waals surface area contributed by atoms with Crippen LogP contribution in [0.1, 0.15) is 5.56 Å². The third kappa shape index (κ3) is 1.61. The Morgan fingerprint density at radius 1 is 1.00 bits per heavy atom. The van der Waals surface area contributed by atoms with Crippen LogP contribution in [0.5, 0.6) is 0 Å². The second-order valence-corrected chi connectivity index (χ2v) is 4.27. The maximum atomic E-state index is 6.32. The molecule has 0 spiro atoms. The Morgan fingerprint density at radius 2 is 1.76 bits per heavy atom. The molecule has 0 saturated heterocycles. The number of anilines is 1. The Balaban J connectivity index is 2.21. The molecule has 17 heavy (non-hydrogen) atoms. The summed E-state index contributed by atoms with van der Waals surface area (Å²) in [6.45, 7) is 0. The van der Waals surface area contributed by atoms with Crippen LogP contribution in [0.3, 0.4) is 0 Å². The van der Waals surface area contributed by atoms with E-state index < -0.39 is 5.66 Å². The first-order valence-corrected chi connectivity index (χ1v) is 5.50. The van der Waals surface area contributed by atoms with E-state index in [0.717, 1.165) is 16.1 Å². The van der Waals surface area contributed by atoms with Gasteiger partial charge in [0.05, 0.1) is 5.36 Å². The highest BCUT2D eigenvalue weighted by Gasteiger charge is 2.26. The van der Waals surface area contributed by atoms with Gasteiger partial charge in [-0.25, -0.2) is 0 Å². The molecule has 1 heterocycles. The zero-order chi connectivity index (χ0) is 11.9. The first-order valence-electron chi connectivity index (χ1n) is 5.50. The van der Waals surface area contributed by atoms with E-state index in [9.17, 15) is 0 Å². The Bertz CT molecular complexity index is 676. The van der Waals surface area contributed by atoms with E-state index in [1.807, 2.05) is 54.6 Å². The van der Waals surface area contributed by atoms with Crippen LogP contribution in [0, 0.1) is 0 Å². The van der Waals surface area contributed by atoms with Crippen LogP contribution >= 0.6 is 0 Å². The number of rotatable bonds is 1. The fourth-order valence-electron chi connectivity index (χ4n) is 2.10. The van der Waals surface area contributed by atoms with Crippen molar-refractivity contribution in [1.82, 2.24) is 0 Å². The Kier molecular flexibility index (Phi) is 2.03. The number of nitrogen functional groups attached to an aromatic ring is 1. The van der Waals surface area contributed by atoms with Crippen LogP contribution < -0.4 is 22.0 Å². The molecule has 3 rings (SSSR count). The van der Waals surface area contributed by atoms with Gasteiger partial charge < -0.3 is 5.73 Å². The van der Waals surface area contributed by atoms with Crippen molar-refractivity contribution in [2.75, 3.05) is 5.73 Å². The smallest absolute Gasteiger partial charge is 0.154 e. The van der Waals surface area contributed by atoms with E-state index in [-0.39, 0.29) is 0 Å². The van der Waals surface area contributed by atoms with E-state index in [2.05, 4.69) is 4.99 Å². The van der Waals surface area contributed by atoms with Crippen molar-refractivity contribution in [1.29, 1.82) is 0 Å². The number of benzene rings is 2. The molecule has 3 nitrogen and oxygen atoms in total. The van der Waals surface area contributed by atoms with Gasteiger partial charge in [-0.2, -0.15) is 0 Å². The molecule has 4 N–H and O–H groups in total. The zero-order valence-electron chi connectivity index (χ0n) is 9.30. The van der Waals surface area contributed by atoms with Gasteiger partial charge in [-0.3, -0.25) is 10.7 Å². The van der Waals surface area contributed by atoms with Crippen molar-refractivity contribution >= 4 is 11.8 Å². The molecule has 1 unspecified atom stereocenters. The van der Waals surface area contributed by atoms with Gasteiger partial charge in [0.15, 0.2) is 5.66 Å². The normalized spacial score (nSPS) is 21.5. The molecular weight excluding hydrogens is 210 g/mol. The number of nitrogens with two attached hydrogens (primary N) is 2. The summed E-state index contributed by atoms with van der Waals surface area (Å²) >= 11 is 0. The van der Waals surface area contributed by atoms with E-state index in [4.69, 9.17) is 11.5 Å². The summed E-state index contributed by atoms with van der Waals surface area (Å²) in [6.07, 6.45) is 1.97. The molecule has 3 heteroatoms. The van der Waals surface area contributed by atoms with E-state index >= 15 is 0 Å². The van der Waals surface area contributed by atoms with Gasteiger partial charge in [-0.05, 0) is 23.8 Å². The van der Waals surface area contributed by atoms with Gasteiger partial charge in [0.25, 0.3) is 0 Å². The van der Waals surface area contributed by atoms with Gasteiger partial charge in [0, 0.05) is 10.9 Å². The lowest BCUT2D eigenvalue weighted by Gasteiger charge is -2.18. The van der Waals surface area contributed by atoms with Gasteiger partial charge >= 0.3 is 0 Å². The predicted octanol–water partition coefficient (Wildman–Crippen LogP) is 0.494. The third-order valence-electron chi connectivity index (χ3n) is 2.97. The van der Waals surface area contributed by atoms with E-state index in [1.165, 1.54) is 0 Å². The minimum absolute atomic E-state index is 0.707. The van der Waals surface area contributed by atoms with Crippen LogP contribution in [0.4, 0.5) is 5.69 Å². The lowest BCUT2D eigenvalue weighted by molar-refractivity contribution is 0.629. The molecule has 1 aliphatic rings. The Labute approximate surface area is 99.1 Å². The molecular formula is C14H13N3. The minimum atomic E-state index is -0.766. The summed E-state index contributed by atoms with van der Waals surface area (Å²) in [6, 6.07) is 15.5. The fourth-order valence-corrected chi connectivity index (χ4v) is 2.10. The van der Waals surface area contributed by atoms with Crippen molar-refractivity contribution in [3.8, 4) is 0 Å². The number of nitrogens with zero attached hydrogens (tertiary/aromatic N) is 1. The number of hydrogen-bond acceptors (Lipinski definition) is 3. The highest BCUT2D eigenvalue weighted by atomic mass is 15.0. The summed E-state index contributed by atoms with van der Waals surface area (Å²) in [5.41, 5.74) is 13.0. The van der Waals surface area contributed by atoms with Gasteiger partial charge in [0.1, 0.15) is 0 Å². The Morgan fingerprint density at radius 3 is 2.53 bits per heavy atom. The molecule has 0 amide bonds. The second kappa shape index (κ2) is 3.43. The molecule has 84 valence electrons. The van der Waals surface area contributed by atoms with Gasteiger partial charge in [0.2, 0.25) is 0 Å². The van der Waals surface area contributed by atoms with Crippen molar-refractivity contribution < 1.29 is 0 Å². The molecule has 0 bridgehead atoms. The molecule has 0 aliphatic carbocycles. The molecule has 0 fully saturated rings. The lowest BCUT2D eigenvalue weighted by atomic mass is 10.0. The summed E-state index contributed by atoms with van der Waals surface area (Å²) in [5.74, 6) is 0. The predicted molar refractivity (Wildman–Crippen MR) is 68.4 cm³/mol. The third-order valence-corrected chi connectivity index (χ3v) is 2.97. The monoisotopic (exact) mass is 223 g/mol. The average molecular weight is 223 g/mol. The molecule has 0 saturated carbocycles. The van der Waals surface area contributed by atoms with Crippen molar-refractivity contribution in [3.63, 3.8) is 0 Å². The minimum Gasteiger partial charge on any atom is -0.399 e. The summed E-state index contributed by atoms with van der Waals surface area (Å²) in [7, 11) is 0. The summed E-state index contributed by atoms with van der Waals surface area (Å²) in [4.78, 5) is 4.56. The number of fused-ring (bicyclic) bond motifs is 1. The average Bonchev–Trinajstić information content (AvgIpc) is 2.67. The van der Waals surface area contributed by atoms with Crippen LogP contribution in [-0.4, -0.2) is 0 Å². The fraction of sp³-hybridized carbons (Fsp3) is 0.0714. The molecule has 1 atom stereocenters. The van der Waals surface area contributed by atoms with Crippen molar-refractivity contribution in [2.45, 2.75) is 5.66 Å². The van der Waals surface area contributed by atoms with Gasteiger partial charge in [-0.1, -0.05) is 36.4 Å². The Hall–Kier alpha value is -2.13. The summed E-state index contributed by atoms with van der Waals surface area (Å²) < 4.78 is 0. The SMILES string of the molecule is Nc1ccc2c(c1)=NC(N)(c1ccccc1)C=2. The van der Waals surface area contributed by atoms with Crippen molar-refractivity contribution in [3.05, 3.63) is 64.7 Å². The highest BCUT2D eigenvalue weighted by molar-refractivity contribution is 5.50. The van der Waals surface area contributed by atoms with Crippen molar-refractivity contribution in [2.24, 2.45) is 10.7 Å². The molecule has 2 aromatic rings. The molecule has 2 aromatic carbocycles. The molecule has 1 aliphatic heterocycles. The highest BCUT2D eigenvalue weighted by Crippen LogP contribution is 2.22. The maximum absolute atomic E-state index is 6.32. The van der Waals surface area contributed by atoms with Crippen LogP contribution in [0.25, 0.3) is 6.08 Å². The quantitative estimate of drug-likeness (QED) is 0.691. The molecule has 0 aromatic heterocycles. The standard InChI is InChI=1S/C14H13N3/c15-12-7-6-10-9-14(16,17-13(10)8-12)11-4-2-1-3-5-11/h1-9H,15-16H2. The van der Waals surface area contributed by atoms with Crippen LogP contribution in [0.2, 0.25) is 0 Å². The summed E-state index contributed by atoms with van der Waals surface area (Å²) in [5, 5.41) is 1.89. The maximum Gasteiger partial charge on any atom is 0.154 e. The first-order chi connectivity index (χ1) is 8.17. The first kappa shape index (κ1) is 10.1. The van der Waals surface area contributed by atoms with E-state index in [1.54, 1.807) is 0 Å². The van der Waals surface area contributed by atoms with Gasteiger partial charge in [-0.15, -0.1) is 0 Å². The molecule has 0 radical (unpaired) electrons. The lowest BCUT2D eigenvalue weighted by Crippen LogP contribution is -2.30. The largest absolute Gasteiger partial charge is 0.399 e. The second-order valence-electron chi connectivity index (χ2n) is 4.27. The van der Waals surface area contributed by atoms with E-state index in [0.29, 0.717) is 5.69 Å².